The summed E-state index contributed by atoms with van der Waals surface area (Å²) in [5.74, 6) is 1.28. The maximum Gasteiger partial charge on any atom is 0.275 e. The van der Waals surface area contributed by atoms with E-state index >= 15 is 0 Å². The second kappa shape index (κ2) is 6.61. The summed E-state index contributed by atoms with van der Waals surface area (Å²) in [6.45, 7) is 6.66. The van der Waals surface area contributed by atoms with Gasteiger partial charge in [-0.2, -0.15) is 0 Å². The number of ether oxygens (including phenoxy) is 1. The van der Waals surface area contributed by atoms with Crippen LogP contribution in [0.2, 0.25) is 0 Å². The summed E-state index contributed by atoms with van der Waals surface area (Å²) in [7, 11) is 1.68. The lowest BCUT2D eigenvalue weighted by atomic mass is 10.1. The Bertz CT molecular complexity index is 987. The first-order valence-electron chi connectivity index (χ1n) is 8.99. The summed E-state index contributed by atoms with van der Waals surface area (Å²) in [6, 6.07) is 10.3. The number of hydrogen-bond acceptors (Lipinski definition) is 4. The summed E-state index contributed by atoms with van der Waals surface area (Å²) in [6.07, 6.45) is 1.08. The number of nitrogens with zero attached hydrogens (tertiary/aromatic N) is 3. The minimum absolute atomic E-state index is 0.00756. The third-order valence-corrected chi connectivity index (χ3v) is 5.38. The van der Waals surface area contributed by atoms with Crippen LogP contribution >= 0.6 is 0 Å². The Labute approximate surface area is 152 Å². The zero-order valence-corrected chi connectivity index (χ0v) is 15.5. The number of likely N-dealkylation sites (tertiary alicyclic amines) is 1. The molecule has 3 heterocycles. The number of fused-ring (bicyclic) bond motifs is 1. The predicted molar refractivity (Wildman–Crippen MR) is 101 cm³/mol. The fourth-order valence-corrected chi connectivity index (χ4v) is 3.67. The summed E-state index contributed by atoms with van der Waals surface area (Å²) in [5, 5.41) is 3.27. The molecule has 3 aromatic rings. The molecule has 1 aromatic carbocycles. The normalized spacial score (nSPS) is 17.9. The Morgan fingerprint density at radius 1 is 1.27 bits per heavy atom. The molecule has 1 N–H and O–H groups in total. The van der Waals surface area contributed by atoms with Gasteiger partial charge in [-0.1, -0.05) is 12.1 Å². The van der Waals surface area contributed by atoms with Crippen molar-refractivity contribution < 1.29 is 4.74 Å². The molecule has 2 aromatic heterocycles. The first kappa shape index (κ1) is 16.8. The smallest absolute Gasteiger partial charge is 0.275 e. The highest BCUT2D eigenvalue weighted by atomic mass is 16.5. The van der Waals surface area contributed by atoms with Crippen molar-refractivity contribution in [3.05, 3.63) is 63.2 Å². The van der Waals surface area contributed by atoms with Crippen LogP contribution in [0.3, 0.4) is 0 Å². The van der Waals surface area contributed by atoms with Crippen LogP contribution in [0, 0.1) is 13.8 Å². The Kier molecular flexibility index (Phi) is 4.28. The molecule has 26 heavy (non-hydrogen) atoms. The van der Waals surface area contributed by atoms with Crippen LogP contribution in [0.4, 0.5) is 0 Å². The number of hydrogen-bond donors (Lipinski definition) is 1. The molecular formula is C20H24N4O2. The molecule has 6 heteroatoms. The number of rotatable bonds is 4. The molecule has 0 saturated carbocycles. The van der Waals surface area contributed by atoms with E-state index < -0.39 is 0 Å². The Morgan fingerprint density at radius 3 is 2.77 bits per heavy atom. The third kappa shape index (κ3) is 3.01. The average Bonchev–Trinajstić information content (AvgIpc) is 3.27. The zero-order valence-electron chi connectivity index (χ0n) is 15.5. The Hall–Kier alpha value is -2.60. The van der Waals surface area contributed by atoms with Crippen LogP contribution in [0.5, 0.6) is 5.75 Å². The minimum Gasteiger partial charge on any atom is -0.497 e. The molecule has 0 aliphatic carbocycles. The molecule has 0 bridgehead atoms. The average molecular weight is 352 g/mol. The fraction of sp³-hybridized carbons (Fsp3) is 0.400. The van der Waals surface area contributed by atoms with Crippen LogP contribution < -0.4 is 10.3 Å². The highest BCUT2D eigenvalue weighted by Gasteiger charge is 2.26. The van der Waals surface area contributed by atoms with Crippen molar-refractivity contribution in [2.75, 3.05) is 20.2 Å². The molecule has 0 radical (unpaired) electrons. The number of H-pyrrole nitrogens is 1. The van der Waals surface area contributed by atoms with E-state index in [4.69, 9.17) is 4.74 Å². The topological polar surface area (TPSA) is 62.6 Å². The SMILES string of the molecule is COc1ccc(CN2CCC(c3cc4nc(C)c(C)c(=O)n4[nH]3)C2)cc1. The molecular weight excluding hydrogens is 328 g/mol. The number of benzene rings is 1. The molecule has 1 unspecified atom stereocenters. The van der Waals surface area contributed by atoms with E-state index in [0.29, 0.717) is 17.1 Å². The van der Waals surface area contributed by atoms with E-state index in [-0.39, 0.29) is 5.56 Å². The van der Waals surface area contributed by atoms with Gasteiger partial charge in [0.15, 0.2) is 5.65 Å². The first-order chi connectivity index (χ1) is 12.5. The van der Waals surface area contributed by atoms with E-state index in [1.807, 2.05) is 32.0 Å². The number of aromatic amines is 1. The molecule has 1 saturated heterocycles. The van der Waals surface area contributed by atoms with Crippen molar-refractivity contribution in [3.8, 4) is 5.75 Å². The van der Waals surface area contributed by atoms with Crippen LogP contribution in [0.25, 0.3) is 5.65 Å². The van der Waals surface area contributed by atoms with E-state index in [1.165, 1.54) is 5.56 Å². The molecule has 1 atom stereocenters. The van der Waals surface area contributed by atoms with Crippen molar-refractivity contribution in [2.24, 2.45) is 0 Å². The van der Waals surface area contributed by atoms with Crippen molar-refractivity contribution in [3.63, 3.8) is 0 Å². The third-order valence-electron chi connectivity index (χ3n) is 5.38. The van der Waals surface area contributed by atoms with E-state index in [0.717, 1.165) is 43.2 Å². The number of aryl methyl sites for hydroxylation is 1. The van der Waals surface area contributed by atoms with Gasteiger partial charge in [0.25, 0.3) is 5.56 Å². The number of methoxy groups -OCH3 is 1. The van der Waals surface area contributed by atoms with Gasteiger partial charge in [0.2, 0.25) is 0 Å². The summed E-state index contributed by atoms with van der Waals surface area (Å²) < 4.78 is 6.79. The fourth-order valence-electron chi connectivity index (χ4n) is 3.67. The Morgan fingerprint density at radius 2 is 2.04 bits per heavy atom. The van der Waals surface area contributed by atoms with Gasteiger partial charge in [0.1, 0.15) is 5.75 Å². The highest BCUT2D eigenvalue weighted by molar-refractivity contribution is 5.42. The van der Waals surface area contributed by atoms with E-state index in [1.54, 1.807) is 11.6 Å². The number of aromatic nitrogens is 3. The summed E-state index contributed by atoms with van der Waals surface area (Å²) in [5.41, 5.74) is 4.58. The van der Waals surface area contributed by atoms with Gasteiger partial charge in [0, 0.05) is 42.0 Å². The summed E-state index contributed by atoms with van der Waals surface area (Å²) >= 11 is 0. The van der Waals surface area contributed by atoms with Crippen molar-refractivity contribution >= 4 is 5.65 Å². The maximum atomic E-state index is 12.4. The van der Waals surface area contributed by atoms with Crippen LogP contribution in [-0.4, -0.2) is 39.7 Å². The molecule has 0 amide bonds. The van der Waals surface area contributed by atoms with Gasteiger partial charge < -0.3 is 4.74 Å². The van der Waals surface area contributed by atoms with E-state index in [2.05, 4.69) is 27.1 Å². The van der Waals surface area contributed by atoms with Crippen molar-refractivity contribution in [1.29, 1.82) is 0 Å². The monoisotopic (exact) mass is 352 g/mol. The second-order valence-corrected chi connectivity index (χ2v) is 7.10. The predicted octanol–water partition coefficient (Wildman–Crippen LogP) is 2.64. The molecule has 1 fully saturated rings. The van der Waals surface area contributed by atoms with Gasteiger partial charge in [-0.25, -0.2) is 9.50 Å². The van der Waals surface area contributed by atoms with Crippen molar-refractivity contribution in [1.82, 2.24) is 19.5 Å². The van der Waals surface area contributed by atoms with Gasteiger partial charge in [-0.15, -0.1) is 0 Å². The number of nitrogens with one attached hydrogen (secondary N) is 1. The lowest BCUT2D eigenvalue weighted by Gasteiger charge is -2.16. The molecule has 6 nitrogen and oxygen atoms in total. The lowest BCUT2D eigenvalue weighted by molar-refractivity contribution is 0.326. The van der Waals surface area contributed by atoms with Crippen LogP contribution in [0.15, 0.2) is 35.1 Å². The van der Waals surface area contributed by atoms with Gasteiger partial charge in [0.05, 0.1) is 7.11 Å². The van der Waals surface area contributed by atoms with Gasteiger partial charge >= 0.3 is 0 Å². The molecule has 1 aliphatic heterocycles. The van der Waals surface area contributed by atoms with Crippen molar-refractivity contribution in [2.45, 2.75) is 32.7 Å². The van der Waals surface area contributed by atoms with Gasteiger partial charge in [-0.3, -0.25) is 14.8 Å². The molecule has 1 aliphatic rings. The highest BCUT2D eigenvalue weighted by Crippen LogP contribution is 2.28. The molecule has 4 rings (SSSR count). The van der Waals surface area contributed by atoms with Gasteiger partial charge in [-0.05, 0) is 44.5 Å². The van der Waals surface area contributed by atoms with E-state index in [9.17, 15) is 4.79 Å². The van der Waals surface area contributed by atoms with Crippen LogP contribution in [-0.2, 0) is 6.54 Å². The Balaban J connectivity index is 1.50. The maximum absolute atomic E-state index is 12.4. The quantitative estimate of drug-likeness (QED) is 0.784. The molecule has 0 spiro atoms. The first-order valence-corrected chi connectivity index (χ1v) is 8.99. The standard InChI is InChI=1S/C20H24N4O2/c1-13-14(2)21-19-10-18(22-24(19)20(13)25)16-8-9-23(12-16)11-15-4-6-17(26-3)7-5-15/h4-7,10,16,22H,8-9,11-12H2,1-3H3. The largest absolute Gasteiger partial charge is 0.497 e. The molecule has 136 valence electrons. The lowest BCUT2D eigenvalue weighted by Crippen LogP contribution is -2.20. The van der Waals surface area contributed by atoms with Crippen LogP contribution in [0.1, 0.15) is 34.9 Å². The minimum atomic E-state index is -0.00756. The summed E-state index contributed by atoms with van der Waals surface area (Å²) in [4.78, 5) is 19.4. The second-order valence-electron chi connectivity index (χ2n) is 7.10. The zero-order chi connectivity index (χ0) is 18.3.